The Morgan fingerprint density at radius 3 is 2.25 bits per heavy atom. The first-order chi connectivity index (χ1) is 24.6. The van der Waals surface area contributed by atoms with Gasteiger partial charge in [0.1, 0.15) is 17.5 Å². The maximum atomic E-state index is 14.8. The van der Waals surface area contributed by atoms with Crippen LogP contribution >= 0.6 is 0 Å². The van der Waals surface area contributed by atoms with Crippen molar-refractivity contribution in [1.29, 1.82) is 0 Å². The van der Waals surface area contributed by atoms with Gasteiger partial charge in [-0.2, -0.15) is 0 Å². The molecule has 0 spiro atoms. The lowest BCUT2D eigenvalue weighted by Crippen LogP contribution is -2.59. The van der Waals surface area contributed by atoms with Gasteiger partial charge in [0.2, 0.25) is 0 Å². The average Bonchev–Trinajstić information content (AvgIpc) is 3.06. The summed E-state index contributed by atoms with van der Waals surface area (Å²) in [7, 11) is 1.26. The topological polar surface area (TPSA) is 154 Å². The van der Waals surface area contributed by atoms with Crippen molar-refractivity contribution in [3.63, 3.8) is 0 Å². The monoisotopic (exact) mass is 738 g/mol. The van der Waals surface area contributed by atoms with Crippen LogP contribution in [0.1, 0.15) is 127 Å². The van der Waals surface area contributed by atoms with Crippen LogP contribution in [0.5, 0.6) is 0 Å². The highest BCUT2D eigenvalue weighted by atomic mass is 16.6. The fraction of sp³-hybridized carbons (Fsp3) is 0.698. The first-order valence-corrected chi connectivity index (χ1v) is 19.3. The van der Waals surface area contributed by atoms with Crippen LogP contribution in [0.2, 0.25) is 0 Å². The number of rotatable bonds is 3. The molecule has 0 aromatic rings. The summed E-state index contributed by atoms with van der Waals surface area (Å²) in [5, 5.41) is 23.6. The summed E-state index contributed by atoms with van der Waals surface area (Å²) in [6.07, 6.45) is 5.18. The van der Waals surface area contributed by atoms with E-state index in [2.05, 4.69) is 0 Å². The van der Waals surface area contributed by atoms with Crippen LogP contribution in [0.15, 0.2) is 46.1 Å². The summed E-state index contributed by atoms with van der Waals surface area (Å²) in [6.45, 7) is 15.7. The number of carbonyl (C=O) groups is 5. The third-order valence-corrected chi connectivity index (χ3v) is 12.6. The first kappa shape index (κ1) is 42.5. The first-order valence-electron chi connectivity index (χ1n) is 19.3. The molecule has 53 heavy (non-hydrogen) atoms. The highest BCUT2D eigenvalue weighted by molar-refractivity contribution is 6.02. The van der Waals surface area contributed by atoms with E-state index in [4.69, 9.17) is 14.2 Å². The lowest BCUT2D eigenvalue weighted by Gasteiger charge is -2.50. The maximum Gasteiger partial charge on any atom is 0.313 e. The van der Waals surface area contributed by atoms with E-state index >= 15 is 0 Å². The minimum Gasteiger partial charge on any atom is -0.469 e. The molecule has 0 amide bonds. The van der Waals surface area contributed by atoms with Crippen LogP contribution in [0, 0.1) is 29.1 Å². The Hall–Kier alpha value is -3.21. The Morgan fingerprint density at radius 1 is 0.943 bits per heavy atom. The minimum absolute atomic E-state index is 0.00736. The minimum atomic E-state index is -1.73. The molecule has 4 rings (SSSR count). The van der Waals surface area contributed by atoms with E-state index in [9.17, 15) is 34.2 Å². The van der Waals surface area contributed by atoms with Crippen molar-refractivity contribution in [2.24, 2.45) is 29.1 Å². The largest absolute Gasteiger partial charge is 0.469 e. The van der Waals surface area contributed by atoms with Crippen LogP contribution < -0.4 is 0 Å². The Balaban J connectivity index is 2.05. The molecule has 2 aliphatic carbocycles. The quantitative estimate of drug-likeness (QED) is 0.238. The summed E-state index contributed by atoms with van der Waals surface area (Å²) in [4.78, 5) is 70.3. The van der Waals surface area contributed by atoms with E-state index < -0.39 is 64.6 Å². The fourth-order valence-corrected chi connectivity index (χ4v) is 9.14. The predicted molar refractivity (Wildman–Crippen MR) is 200 cm³/mol. The van der Waals surface area contributed by atoms with Gasteiger partial charge in [-0.05, 0) is 104 Å². The van der Waals surface area contributed by atoms with E-state index in [1.54, 1.807) is 26.8 Å². The molecular weight excluding hydrogens is 676 g/mol. The number of fused-ring (bicyclic) bond motifs is 5. The third-order valence-electron chi connectivity index (χ3n) is 12.6. The lowest BCUT2D eigenvalue weighted by atomic mass is 9.53. The van der Waals surface area contributed by atoms with Gasteiger partial charge in [-0.1, -0.05) is 48.3 Å². The molecule has 2 N–H and O–H groups in total. The molecular formula is C43H62O10. The number of allylic oxidation sites excluding steroid dienone is 7. The number of hydrogen-bond donors (Lipinski definition) is 2. The van der Waals surface area contributed by atoms with Crippen LogP contribution in [0.4, 0.5) is 0 Å². The second-order valence-electron chi connectivity index (χ2n) is 17.1. The second kappa shape index (κ2) is 16.7. The van der Waals surface area contributed by atoms with E-state index in [0.717, 1.165) is 16.7 Å². The number of methoxy groups -OCH3 is 1. The molecule has 4 aliphatic rings. The number of Topliss-reactive ketones (excluding diaryl/α,β-unsaturated/α-hetero) is 2. The zero-order valence-electron chi connectivity index (χ0n) is 33.5. The lowest BCUT2D eigenvalue weighted by molar-refractivity contribution is -0.239. The molecule has 10 nitrogen and oxygen atoms in total. The zero-order chi connectivity index (χ0) is 39.6. The standard InChI is InChI=1S/C43H62O10/c1-24(2)30-21-34(45)27(5)13-11-12-25(3)19-35(46)33-20-28(6)31-22-39(52-29(7)44)42(9,50)38-16-17-41(8,49)37(53-38)15-14-26(4)18-32(31)43(33,23-36(30)47)40(48)51-10/h13,18-19,24,30,32-33,37-39,49-50H,11-12,14-17,20-23H2,1-10H3/b25-19-,26-18+,27-13+/t30-,32-,33+,37-,38+,39-,41-,42-,43-/m0/s1. The molecule has 10 heteroatoms. The highest BCUT2D eigenvalue weighted by Crippen LogP contribution is 2.56. The van der Waals surface area contributed by atoms with Crippen molar-refractivity contribution in [3.8, 4) is 0 Å². The number of carbonyl (C=O) groups excluding carboxylic acids is 5. The molecule has 0 radical (unpaired) electrons. The number of esters is 2. The number of ketones is 3. The molecule has 0 unspecified atom stereocenters. The summed E-state index contributed by atoms with van der Waals surface area (Å²) in [5.74, 6) is -4.86. The van der Waals surface area contributed by atoms with E-state index in [-0.39, 0.29) is 49.0 Å². The van der Waals surface area contributed by atoms with Gasteiger partial charge in [0.15, 0.2) is 11.6 Å². The Kier molecular flexibility index (Phi) is 13.4. The van der Waals surface area contributed by atoms with E-state index in [1.807, 2.05) is 46.8 Å². The van der Waals surface area contributed by atoms with Gasteiger partial charge < -0.3 is 24.4 Å². The van der Waals surface area contributed by atoms with Crippen molar-refractivity contribution in [2.75, 3.05) is 7.11 Å². The molecule has 2 bridgehead atoms. The third kappa shape index (κ3) is 9.03. The summed E-state index contributed by atoms with van der Waals surface area (Å²) in [5.41, 5.74) is -0.945. The van der Waals surface area contributed by atoms with Crippen molar-refractivity contribution in [1.82, 2.24) is 0 Å². The average molecular weight is 739 g/mol. The van der Waals surface area contributed by atoms with Crippen LogP contribution in [0.25, 0.3) is 0 Å². The van der Waals surface area contributed by atoms with E-state index in [1.165, 1.54) is 14.0 Å². The fourth-order valence-electron chi connectivity index (χ4n) is 9.14. The van der Waals surface area contributed by atoms with Gasteiger partial charge in [-0.15, -0.1) is 0 Å². The molecule has 0 saturated carbocycles. The Labute approximate surface area is 315 Å². The Bertz CT molecular complexity index is 1590. The Morgan fingerprint density at radius 2 is 1.62 bits per heavy atom. The summed E-state index contributed by atoms with van der Waals surface area (Å²) >= 11 is 0. The van der Waals surface area contributed by atoms with E-state index in [0.29, 0.717) is 49.7 Å². The SMILES string of the molecule is COC(=O)[C@]12CC(=O)[C@H](C(C)C)CC(=O)/C(C)=C/CC/C(C)=C\C(=O)[C@H]1CC(C)=C1C[C@H](OC(C)=O)[C@@](C)(O)[C@H]3CC[C@](C)(O)[C@H](CC/C(C)=C/[C@@H]12)O3. The predicted octanol–water partition coefficient (Wildman–Crippen LogP) is 6.66. The molecule has 1 saturated heterocycles. The van der Waals surface area contributed by atoms with Gasteiger partial charge in [0.25, 0.3) is 0 Å². The van der Waals surface area contributed by atoms with Gasteiger partial charge in [-0.25, -0.2) is 0 Å². The summed E-state index contributed by atoms with van der Waals surface area (Å²) < 4.78 is 17.9. The highest BCUT2D eigenvalue weighted by Gasteiger charge is 2.60. The number of ether oxygens (including phenoxy) is 3. The molecule has 2 heterocycles. The smallest absolute Gasteiger partial charge is 0.313 e. The molecule has 2 aliphatic heterocycles. The number of aliphatic hydroxyl groups is 2. The molecule has 1 fully saturated rings. The van der Waals surface area contributed by atoms with Crippen molar-refractivity contribution >= 4 is 29.3 Å². The van der Waals surface area contributed by atoms with Gasteiger partial charge in [0.05, 0.1) is 30.3 Å². The van der Waals surface area contributed by atoms with Crippen LogP contribution in [-0.4, -0.2) is 76.1 Å². The molecule has 0 aromatic heterocycles. The van der Waals surface area contributed by atoms with Crippen molar-refractivity contribution in [2.45, 2.75) is 156 Å². The molecule has 9 atom stereocenters. The van der Waals surface area contributed by atoms with Gasteiger partial charge in [-0.3, -0.25) is 24.0 Å². The second-order valence-corrected chi connectivity index (χ2v) is 17.1. The van der Waals surface area contributed by atoms with Crippen LogP contribution in [0.3, 0.4) is 0 Å². The van der Waals surface area contributed by atoms with Gasteiger partial charge in [0, 0.05) is 43.9 Å². The summed E-state index contributed by atoms with van der Waals surface area (Å²) in [6, 6.07) is 0. The normalized spacial score (nSPS) is 39.7. The van der Waals surface area contributed by atoms with Gasteiger partial charge >= 0.3 is 11.9 Å². The molecule has 294 valence electrons. The van der Waals surface area contributed by atoms with Crippen molar-refractivity contribution in [3.05, 3.63) is 46.1 Å². The van der Waals surface area contributed by atoms with Crippen molar-refractivity contribution < 1.29 is 48.4 Å². The van der Waals surface area contributed by atoms with Crippen LogP contribution in [-0.2, 0) is 38.2 Å². The molecule has 0 aromatic carbocycles. The maximum absolute atomic E-state index is 14.8. The number of hydrogen-bond acceptors (Lipinski definition) is 10. The zero-order valence-corrected chi connectivity index (χ0v) is 33.5.